The largest absolute Gasteiger partial charge is 0.323 e. The highest BCUT2D eigenvalue weighted by molar-refractivity contribution is 7.99. The summed E-state index contributed by atoms with van der Waals surface area (Å²) in [6.45, 7) is 2.07. The third-order valence-corrected chi connectivity index (χ3v) is 3.32. The Kier molecular flexibility index (Phi) is 5.05. The summed E-state index contributed by atoms with van der Waals surface area (Å²) < 4.78 is 26.2. The molecule has 1 aromatic carbocycles. The van der Waals surface area contributed by atoms with Crippen LogP contribution in [0.25, 0.3) is 0 Å². The van der Waals surface area contributed by atoms with Crippen LogP contribution in [0.5, 0.6) is 0 Å². The molecule has 0 amide bonds. The predicted molar refractivity (Wildman–Crippen MR) is 60.9 cm³/mol. The third-order valence-electron chi connectivity index (χ3n) is 2.03. The summed E-state index contributed by atoms with van der Waals surface area (Å²) >= 11 is 1.66. The molecular weight excluding hydrogens is 216 g/mol. The first kappa shape index (κ1) is 12.5. The van der Waals surface area contributed by atoms with Crippen LogP contribution < -0.4 is 5.73 Å². The molecule has 15 heavy (non-hydrogen) atoms. The zero-order chi connectivity index (χ0) is 11.3. The van der Waals surface area contributed by atoms with Crippen molar-refractivity contribution in [3.8, 4) is 0 Å². The first-order valence-electron chi connectivity index (χ1n) is 4.94. The fraction of sp³-hybridized carbons (Fsp3) is 0.455. The van der Waals surface area contributed by atoms with Crippen molar-refractivity contribution < 1.29 is 8.78 Å². The third kappa shape index (κ3) is 3.47. The summed E-state index contributed by atoms with van der Waals surface area (Å²) in [6, 6.07) is 3.69. The van der Waals surface area contributed by atoms with Crippen LogP contribution in [0.2, 0.25) is 0 Å². The van der Waals surface area contributed by atoms with E-state index in [4.69, 9.17) is 5.73 Å². The molecule has 84 valence electrons. The van der Waals surface area contributed by atoms with Crippen LogP contribution in [-0.4, -0.2) is 11.5 Å². The van der Waals surface area contributed by atoms with Gasteiger partial charge in [-0.1, -0.05) is 19.1 Å². The van der Waals surface area contributed by atoms with E-state index in [0.29, 0.717) is 5.75 Å². The van der Waals surface area contributed by atoms with Crippen molar-refractivity contribution in [1.29, 1.82) is 0 Å². The zero-order valence-corrected chi connectivity index (χ0v) is 9.49. The number of hydrogen-bond donors (Lipinski definition) is 1. The standard InChI is InChI=1S/C11H15F2NS/c1-2-6-15-7-10(14)8-4-3-5-9(12)11(8)13/h3-5,10H,2,6-7,14H2,1H3. The van der Waals surface area contributed by atoms with Gasteiger partial charge in [0.2, 0.25) is 0 Å². The van der Waals surface area contributed by atoms with Crippen molar-refractivity contribution in [3.05, 3.63) is 35.4 Å². The summed E-state index contributed by atoms with van der Waals surface area (Å²) in [7, 11) is 0. The minimum Gasteiger partial charge on any atom is -0.323 e. The maximum Gasteiger partial charge on any atom is 0.163 e. The minimum atomic E-state index is -0.830. The zero-order valence-electron chi connectivity index (χ0n) is 8.67. The van der Waals surface area contributed by atoms with Gasteiger partial charge in [0.15, 0.2) is 11.6 Å². The van der Waals surface area contributed by atoms with Gasteiger partial charge in [-0.2, -0.15) is 11.8 Å². The highest BCUT2D eigenvalue weighted by Gasteiger charge is 2.14. The van der Waals surface area contributed by atoms with E-state index in [-0.39, 0.29) is 5.56 Å². The second kappa shape index (κ2) is 6.08. The molecule has 0 saturated heterocycles. The molecule has 0 fully saturated rings. The molecule has 1 rings (SSSR count). The summed E-state index contributed by atoms with van der Waals surface area (Å²) in [4.78, 5) is 0. The van der Waals surface area contributed by atoms with Gasteiger partial charge < -0.3 is 5.73 Å². The Morgan fingerprint density at radius 3 is 2.80 bits per heavy atom. The number of halogens is 2. The van der Waals surface area contributed by atoms with Gasteiger partial charge in [-0.05, 0) is 18.2 Å². The number of thioether (sulfide) groups is 1. The number of benzene rings is 1. The van der Waals surface area contributed by atoms with Crippen LogP contribution in [-0.2, 0) is 0 Å². The van der Waals surface area contributed by atoms with E-state index in [9.17, 15) is 8.78 Å². The first-order valence-corrected chi connectivity index (χ1v) is 6.09. The number of nitrogens with two attached hydrogens (primary N) is 1. The van der Waals surface area contributed by atoms with Crippen LogP contribution in [0.15, 0.2) is 18.2 Å². The molecule has 1 atom stereocenters. The van der Waals surface area contributed by atoms with Crippen molar-refractivity contribution in [3.63, 3.8) is 0 Å². The normalized spacial score (nSPS) is 12.8. The molecule has 0 aromatic heterocycles. The van der Waals surface area contributed by atoms with Gasteiger partial charge in [0.1, 0.15) is 0 Å². The molecule has 2 N–H and O–H groups in total. The molecule has 0 saturated carbocycles. The first-order chi connectivity index (χ1) is 7.16. The Bertz CT molecular complexity index is 317. The van der Waals surface area contributed by atoms with Crippen molar-refractivity contribution in [2.45, 2.75) is 19.4 Å². The van der Waals surface area contributed by atoms with Gasteiger partial charge in [0.25, 0.3) is 0 Å². The SMILES string of the molecule is CCCSCC(N)c1cccc(F)c1F. The highest BCUT2D eigenvalue weighted by atomic mass is 32.2. The van der Waals surface area contributed by atoms with Gasteiger partial charge in [0, 0.05) is 17.4 Å². The van der Waals surface area contributed by atoms with Crippen LogP contribution >= 0.6 is 11.8 Å². The second-order valence-corrected chi connectivity index (χ2v) is 4.47. The van der Waals surface area contributed by atoms with Crippen molar-refractivity contribution in [1.82, 2.24) is 0 Å². The molecule has 1 aromatic rings. The lowest BCUT2D eigenvalue weighted by Gasteiger charge is -2.12. The molecule has 0 aliphatic carbocycles. The number of hydrogen-bond acceptors (Lipinski definition) is 2. The fourth-order valence-electron chi connectivity index (χ4n) is 1.25. The predicted octanol–water partition coefficient (Wildman–Crippen LogP) is 3.11. The van der Waals surface area contributed by atoms with E-state index in [1.54, 1.807) is 11.8 Å². The van der Waals surface area contributed by atoms with E-state index in [1.807, 2.05) is 0 Å². The lowest BCUT2D eigenvalue weighted by molar-refractivity contribution is 0.493. The Hall–Kier alpha value is -0.610. The average Bonchev–Trinajstić information content (AvgIpc) is 2.22. The monoisotopic (exact) mass is 231 g/mol. The number of rotatable bonds is 5. The van der Waals surface area contributed by atoms with Crippen LogP contribution in [0.4, 0.5) is 8.78 Å². The molecular formula is C11H15F2NS. The smallest absolute Gasteiger partial charge is 0.163 e. The Morgan fingerprint density at radius 2 is 2.13 bits per heavy atom. The van der Waals surface area contributed by atoms with Crippen molar-refractivity contribution in [2.75, 3.05) is 11.5 Å². The molecule has 0 aliphatic rings. The Morgan fingerprint density at radius 1 is 1.40 bits per heavy atom. The summed E-state index contributed by atoms with van der Waals surface area (Å²) in [5.41, 5.74) is 6.04. The van der Waals surface area contributed by atoms with E-state index in [2.05, 4.69) is 6.92 Å². The Labute approximate surface area is 93.1 Å². The molecule has 0 aliphatic heterocycles. The van der Waals surface area contributed by atoms with Crippen LogP contribution in [0.1, 0.15) is 24.9 Å². The molecule has 0 spiro atoms. The maximum absolute atomic E-state index is 13.3. The average molecular weight is 231 g/mol. The summed E-state index contributed by atoms with van der Waals surface area (Å²) in [6.07, 6.45) is 1.06. The highest BCUT2D eigenvalue weighted by Crippen LogP contribution is 2.21. The molecule has 1 unspecified atom stereocenters. The Balaban J connectivity index is 2.65. The molecule has 1 nitrogen and oxygen atoms in total. The van der Waals surface area contributed by atoms with Gasteiger partial charge in [-0.25, -0.2) is 8.78 Å². The van der Waals surface area contributed by atoms with Gasteiger partial charge >= 0.3 is 0 Å². The lowest BCUT2D eigenvalue weighted by atomic mass is 10.1. The topological polar surface area (TPSA) is 26.0 Å². The summed E-state index contributed by atoms with van der Waals surface area (Å²) in [5.74, 6) is -0.0377. The van der Waals surface area contributed by atoms with Crippen LogP contribution in [0.3, 0.4) is 0 Å². The second-order valence-electron chi connectivity index (χ2n) is 3.32. The van der Waals surface area contributed by atoms with E-state index >= 15 is 0 Å². The fourth-order valence-corrected chi connectivity index (χ4v) is 2.14. The molecule has 0 heterocycles. The molecule has 4 heteroatoms. The van der Waals surface area contributed by atoms with Crippen molar-refractivity contribution >= 4 is 11.8 Å². The lowest BCUT2D eigenvalue weighted by Crippen LogP contribution is -2.15. The minimum absolute atomic E-state index is 0.263. The molecule has 0 radical (unpaired) electrons. The van der Waals surface area contributed by atoms with Gasteiger partial charge in [0.05, 0.1) is 0 Å². The van der Waals surface area contributed by atoms with Crippen molar-refractivity contribution in [2.24, 2.45) is 5.73 Å². The summed E-state index contributed by atoms with van der Waals surface area (Å²) in [5, 5.41) is 0. The van der Waals surface area contributed by atoms with E-state index < -0.39 is 17.7 Å². The van der Waals surface area contributed by atoms with Gasteiger partial charge in [-0.15, -0.1) is 0 Å². The van der Waals surface area contributed by atoms with E-state index in [1.165, 1.54) is 12.1 Å². The quantitative estimate of drug-likeness (QED) is 0.788. The van der Waals surface area contributed by atoms with E-state index in [0.717, 1.165) is 18.2 Å². The van der Waals surface area contributed by atoms with Crippen LogP contribution in [0, 0.1) is 11.6 Å². The molecule has 0 bridgehead atoms. The van der Waals surface area contributed by atoms with Gasteiger partial charge in [-0.3, -0.25) is 0 Å². The maximum atomic E-state index is 13.3.